The zero-order valence-electron chi connectivity index (χ0n) is 15.8. The van der Waals surface area contributed by atoms with Crippen LogP contribution >= 0.6 is 11.3 Å². The number of carbonyl (C=O) groups excluding carboxylic acids is 1. The molecule has 1 heterocycles. The molecule has 1 atom stereocenters. The number of thiazole rings is 1. The van der Waals surface area contributed by atoms with E-state index in [4.69, 9.17) is 0 Å². The van der Waals surface area contributed by atoms with Crippen LogP contribution in [0.3, 0.4) is 0 Å². The number of hydrogen-bond acceptors (Lipinski definition) is 5. The molecule has 146 valence electrons. The van der Waals surface area contributed by atoms with Crippen LogP contribution in [0.25, 0.3) is 11.3 Å². The van der Waals surface area contributed by atoms with Crippen LogP contribution in [0.5, 0.6) is 0 Å². The number of aromatic nitrogens is 1. The number of unbranched alkanes of at least 4 members (excludes halogenated alkanes) is 3. The number of aryl methyl sites for hydroxylation is 1. The Balaban J connectivity index is 1.86. The SMILES string of the molecule is CCCCCCNC(CC(=O)Nc1nc(-c2ccc(C)cc2)cs1)C(=O)O. The van der Waals surface area contributed by atoms with Gasteiger partial charge in [-0.2, -0.15) is 0 Å². The van der Waals surface area contributed by atoms with Crippen molar-refractivity contribution in [1.82, 2.24) is 10.3 Å². The number of anilines is 1. The molecule has 0 fully saturated rings. The highest BCUT2D eigenvalue weighted by Crippen LogP contribution is 2.25. The summed E-state index contributed by atoms with van der Waals surface area (Å²) in [5.74, 6) is -1.37. The van der Waals surface area contributed by atoms with Crippen molar-refractivity contribution in [2.24, 2.45) is 0 Å². The molecule has 0 saturated carbocycles. The summed E-state index contributed by atoms with van der Waals surface area (Å²) in [6.07, 6.45) is 4.10. The minimum atomic E-state index is -1.01. The number of carboxylic acid groups (broad SMARTS) is 1. The van der Waals surface area contributed by atoms with Gasteiger partial charge in [0.2, 0.25) is 5.91 Å². The van der Waals surface area contributed by atoms with Gasteiger partial charge in [-0.3, -0.25) is 9.59 Å². The van der Waals surface area contributed by atoms with Gasteiger partial charge in [0.05, 0.1) is 12.1 Å². The number of carboxylic acids is 1. The molecule has 1 aromatic carbocycles. The Bertz CT molecular complexity index is 743. The lowest BCUT2D eigenvalue weighted by Gasteiger charge is -2.13. The van der Waals surface area contributed by atoms with Crippen molar-refractivity contribution in [2.75, 3.05) is 11.9 Å². The van der Waals surface area contributed by atoms with Gasteiger partial charge >= 0.3 is 5.97 Å². The molecule has 0 aliphatic heterocycles. The molecule has 0 bridgehead atoms. The largest absolute Gasteiger partial charge is 0.480 e. The van der Waals surface area contributed by atoms with E-state index in [1.54, 1.807) is 0 Å². The lowest BCUT2D eigenvalue weighted by Crippen LogP contribution is -2.40. The number of benzene rings is 1. The van der Waals surface area contributed by atoms with Crippen molar-refractivity contribution in [3.63, 3.8) is 0 Å². The number of rotatable bonds is 11. The van der Waals surface area contributed by atoms with Crippen LogP contribution in [0, 0.1) is 6.92 Å². The van der Waals surface area contributed by atoms with Gasteiger partial charge in [0, 0.05) is 10.9 Å². The molecule has 1 unspecified atom stereocenters. The van der Waals surface area contributed by atoms with Crippen LogP contribution in [-0.2, 0) is 9.59 Å². The summed E-state index contributed by atoms with van der Waals surface area (Å²) < 4.78 is 0. The van der Waals surface area contributed by atoms with Gasteiger partial charge in [-0.25, -0.2) is 4.98 Å². The summed E-state index contributed by atoms with van der Waals surface area (Å²) in [6.45, 7) is 4.74. The zero-order chi connectivity index (χ0) is 19.6. The zero-order valence-corrected chi connectivity index (χ0v) is 16.6. The van der Waals surface area contributed by atoms with E-state index in [2.05, 4.69) is 22.5 Å². The summed E-state index contributed by atoms with van der Waals surface area (Å²) in [4.78, 5) is 28.0. The maximum Gasteiger partial charge on any atom is 0.321 e. The van der Waals surface area contributed by atoms with Crippen LogP contribution < -0.4 is 10.6 Å². The van der Waals surface area contributed by atoms with Crippen LogP contribution in [-0.4, -0.2) is 34.6 Å². The summed E-state index contributed by atoms with van der Waals surface area (Å²) in [7, 11) is 0. The smallest absolute Gasteiger partial charge is 0.321 e. The van der Waals surface area contributed by atoms with Crippen LogP contribution in [0.1, 0.15) is 44.6 Å². The summed E-state index contributed by atoms with van der Waals surface area (Å²) in [6, 6.07) is 7.11. The maximum absolute atomic E-state index is 12.2. The van der Waals surface area contributed by atoms with Crippen molar-refractivity contribution in [2.45, 2.75) is 52.0 Å². The highest BCUT2D eigenvalue weighted by molar-refractivity contribution is 7.14. The van der Waals surface area contributed by atoms with Crippen molar-refractivity contribution in [3.05, 3.63) is 35.2 Å². The normalized spacial score (nSPS) is 11.9. The van der Waals surface area contributed by atoms with Gasteiger partial charge in [0.15, 0.2) is 5.13 Å². The standard InChI is InChI=1S/C20H27N3O3S/c1-3-4-5-6-11-21-16(19(25)26)12-18(24)23-20-22-17(13-27-20)15-9-7-14(2)8-10-15/h7-10,13,16,21H,3-6,11-12H2,1-2H3,(H,25,26)(H,22,23,24). The fraction of sp³-hybridized carbons (Fsp3) is 0.450. The lowest BCUT2D eigenvalue weighted by atomic mass is 10.1. The van der Waals surface area contributed by atoms with E-state index in [1.807, 2.05) is 36.6 Å². The number of nitrogens with zero attached hydrogens (tertiary/aromatic N) is 1. The molecule has 1 amide bonds. The predicted molar refractivity (Wildman–Crippen MR) is 109 cm³/mol. The molecule has 0 aliphatic carbocycles. The highest BCUT2D eigenvalue weighted by atomic mass is 32.1. The van der Waals surface area contributed by atoms with Gasteiger partial charge in [-0.15, -0.1) is 11.3 Å². The van der Waals surface area contributed by atoms with E-state index in [0.717, 1.165) is 36.9 Å². The third-order valence-corrected chi connectivity index (χ3v) is 4.96. The van der Waals surface area contributed by atoms with Gasteiger partial charge in [-0.1, -0.05) is 56.0 Å². The number of aliphatic carboxylic acids is 1. The molecule has 0 spiro atoms. The Labute approximate surface area is 164 Å². The molecule has 0 radical (unpaired) electrons. The topological polar surface area (TPSA) is 91.3 Å². The molecule has 27 heavy (non-hydrogen) atoms. The molecular weight excluding hydrogens is 362 g/mol. The van der Waals surface area contributed by atoms with E-state index in [1.165, 1.54) is 16.9 Å². The number of nitrogens with one attached hydrogen (secondary N) is 2. The summed E-state index contributed by atoms with van der Waals surface area (Å²) in [5.41, 5.74) is 2.94. The summed E-state index contributed by atoms with van der Waals surface area (Å²) in [5, 5.41) is 17.3. The van der Waals surface area contributed by atoms with Crippen LogP contribution in [0.15, 0.2) is 29.6 Å². The fourth-order valence-electron chi connectivity index (χ4n) is 2.62. The molecule has 1 aromatic heterocycles. The second-order valence-electron chi connectivity index (χ2n) is 6.56. The van der Waals surface area contributed by atoms with Gasteiger partial charge in [0.25, 0.3) is 0 Å². The van der Waals surface area contributed by atoms with E-state index < -0.39 is 12.0 Å². The van der Waals surface area contributed by atoms with Crippen LogP contribution in [0.2, 0.25) is 0 Å². The molecule has 0 aliphatic rings. The van der Waals surface area contributed by atoms with Crippen molar-refractivity contribution >= 4 is 28.3 Å². The summed E-state index contributed by atoms with van der Waals surface area (Å²) >= 11 is 1.33. The van der Waals surface area contributed by atoms with E-state index >= 15 is 0 Å². The maximum atomic E-state index is 12.2. The Morgan fingerprint density at radius 3 is 2.59 bits per heavy atom. The Morgan fingerprint density at radius 1 is 1.19 bits per heavy atom. The molecule has 7 heteroatoms. The Morgan fingerprint density at radius 2 is 1.93 bits per heavy atom. The lowest BCUT2D eigenvalue weighted by molar-refractivity contribution is -0.141. The second kappa shape index (κ2) is 10.8. The average Bonchev–Trinajstić information content (AvgIpc) is 3.09. The molecule has 2 aromatic rings. The van der Waals surface area contributed by atoms with Crippen molar-refractivity contribution in [3.8, 4) is 11.3 Å². The van der Waals surface area contributed by atoms with Crippen LogP contribution in [0.4, 0.5) is 5.13 Å². The third kappa shape index (κ3) is 7.11. The van der Waals surface area contributed by atoms with Gasteiger partial charge in [-0.05, 0) is 19.9 Å². The van der Waals surface area contributed by atoms with E-state index in [9.17, 15) is 14.7 Å². The monoisotopic (exact) mass is 389 g/mol. The minimum Gasteiger partial charge on any atom is -0.480 e. The van der Waals surface area contributed by atoms with Crippen molar-refractivity contribution in [1.29, 1.82) is 0 Å². The number of amides is 1. The van der Waals surface area contributed by atoms with E-state index in [0.29, 0.717) is 11.7 Å². The predicted octanol–water partition coefficient (Wildman–Crippen LogP) is 4.07. The fourth-order valence-corrected chi connectivity index (χ4v) is 3.35. The average molecular weight is 390 g/mol. The molecule has 3 N–H and O–H groups in total. The quantitative estimate of drug-likeness (QED) is 0.504. The first-order valence-electron chi connectivity index (χ1n) is 9.28. The second-order valence-corrected chi connectivity index (χ2v) is 7.42. The number of hydrogen-bond donors (Lipinski definition) is 3. The Kier molecular flexibility index (Phi) is 8.42. The molecular formula is C20H27N3O3S. The third-order valence-electron chi connectivity index (χ3n) is 4.21. The first kappa shape index (κ1) is 21.1. The number of carbonyl (C=O) groups is 2. The minimum absolute atomic E-state index is 0.122. The molecule has 6 nitrogen and oxygen atoms in total. The van der Waals surface area contributed by atoms with E-state index in [-0.39, 0.29) is 12.3 Å². The Hall–Kier alpha value is -2.25. The first-order chi connectivity index (χ1) is 13.0. The van der Waals surface area contributed by atoms with Gasteiger partial charge in [0.1, 0.15) is 6.04 Å². The molecule has 0 saturated heterocycles. The van der Waals surface area contributed by atoms with Gasteiger partial charge < -0.3 is 15.7 Å². The van der Waals surface area contributed by atoms with Crippen molar-refractivity contribution < 1.29 is 14.7 Å². The first-order valence-corrected chi connectivity index (χ1v) is 10.2. The highest BCUT2D eigenvalue weighted by Gasteiger charge is 2.21. The molecule has 2 rings (SSSR count).